The van der Waals surface area contributed by atoms with E-state index in [0.29, 0.717) is 30.8 Å². The summed E-state index contributed by atoms with van der Waals surface area (Å²) in [5, 5.41) is 9.33. The highest BCUT2D eigenvalue weighted by molar-refractivity contribution is 5.89. The Hall–Kier alpha value is -5.02. The van der Waals surface area contributed by atoms with Crippen LogP contribution >= 0.6 is 0 Å². The van der Waals surface area contributed by atoms with Crippen LogP contribution < -0.4 is 4.90 Å². The topological polar surface area (TPSA) is 95.9 Å². The fraction of sp³-hybridized carbons (Fsp3) is 0.353. The van der Waals surface area contributed by atoms with E-state index in [0.717, 1.165) is 11.3 Å². The third-order valence-corrected chi connectivity index (χ3v) is 9.16. The molecule has 1 aromatic heterocycles. The summed E-state index contributed by atoms with van der Waals surface area (Å²) in [5.41, 5.74) is -2.43. The molecule has 16 heteroatoms. The minimum absolute atomic E-state index is 0.0375. The summed E-state index contributed by atoms with van der Waals surface area (Å²) in [6, 6.07) is 4.78. The van der Waals surface area contributed by atoms with Gasteiger partial charge in [-0.3, -0.25) is 4.90 Å². The van der Waals surface area contributed by atoms with Crippen molar-refractivity contribution in [2.75, 3.05) is 18.0 Å². The van der Waals surface area contributed by atoms with Crippen LogP contribution in [0.25, 0.3) is 22.3 Å². The minimum Gasteiger partial charge on any atom is -0.478 e. The molecule has 3 atom stereocenters. The first kappa shape index (κ1) is 34.8. The molecule has 2 fully saturated rings. The zero-order chi connectivity index (χ0) is 36.3. The zero-order valence-corrected chi connectivity index (χ0v) is 26.4. The molecule has 3 aromatic rings. The van der Waals surface area contributed by atoms with Crippen LogP contribution in [0, 0.1) is 24.5 Å². The van der Waals surface area contributed by atoms with Crippen LogP contribution in [0.1, 0.15) is 41.4 Å². The van der Waals surface area contributed by atoms with E-state index in [1.807, 2.05) is 0 Å². The van der Waals surface area contributed by atoms with E-state index < -0.39 is 78.2 Å². The molecule has 1 amide bonds. The summed E-state index contributed by atoms with van der Waals surface area (Å²) >= 11 is 0. The lowest BCUT2D eigenvalue weighted by Crippen LogP contribution is -2.39. The van der Waals surface area contributed by atoms with Crippen molar-refractivity contribution in [3.63, 3.8) is 0 Å². The Balaban J connectivity index is 1.37. The maximum Gasteiger partial charge on any atom is 0.416 e. The van der Waals surface area contributed by atoms with Gasteiger partial charge in [0.15, 0.2) is 0 Å². The standard InChI is InChI=1S/C34H28F8N4O4/c1-16-8-18(30(47)48)4-5-22(16)23-12-24(27(36)13-26(23)35)25-14-43-31(45-6-3-7-45)44-28(25)15-46-17(2)29(50-32(46)49)19-9-20(33(37,38)39)11-21(10-19)34(40,41)42/h4-5,8-9,11-14,17,19,29H,3,6-7,10,15H2,1-2H3,(H,47,48). The number of aromatic nitrogens is 2. The molecule has 8 nitrogen and oxygen atoms in total. The average molecular weight is 709 g/mol. The highest BCUT2D eigenvalue weighted by Crippen LogP contribution is 2.44. The van der Waals surface area contributed by atoms with Crippen molar-refractivity contribution in [2.45, 2.75) is 57.7 Å². The number of carbonyl (C=O) groups is 2. The molecular formula is C34H28F8N4O4. The number of nitrogens with zero attached hydrogens (tertiary/aromatic N) is 4. The van der Waals surface area contributed by atoms with E-state index in [1.54, 1.807) is 11.8 Å². The van der Waals surface area contributed by atoms with E-state index in [4.69, 9.17) is 4.74 Å². The van der Waals surface area contributed by atoms with Crippen LogP contribution in [-0.2, 0) is 11.3 Å². The van der Waals surface area contributed by atoms with E-state index in [9.17, 15) is 41.0 Å². The van der Waals surface area contributed by atoms with Gasteiger partial charge in [0, 0.05) is 53.5 Å². The van der Waals surface area contributed by atoms with Crippen LogP contribution in [0.5, 0.6) is 0 Å². The van der Waals surface area contributed by atoms with Gasteiger partial charge in [0.1, 0.15) is 17.7 Å². The van der Waals surface area contributed by atoms with Crippen molar-refractivity contribution >= 4 is 18.0 Å². The number of anilines is 1. The molecular weight excluding hydrogens is 680 g/mol. The summed E-state index contributed by atoms with van der Waals surface area (Å²) in [5.74, 6) is -4.38. The Kier molecular flexibility index (Phi) is 8.85. The molecule has 1 N–H and O–H groups in total. The molecule has 2 aliphatic heterocycles. The Morgan fingerprint density at radius 1 is 0.980 bits per heavy atom. The number of hydrogen-bond donors (Lipinski definition) is 1. The Labute approximate surface area is 279 Å². The molecule has 0 radical (unpaired) electrons. The second-order valence-corrected chi connectivity index (χ2v) is 12.4. The van der Waals surface area contributed by atoms with Gasteiger partial charge < -0.3 is 14.7 Å². The first-order valence-corrected chi connectivity index (χ1v) is 15.4. The highest BCUT2D eigenvalue weighted by Gasteiger charge is 2.48. The molecule has 0 saturated carbocycles. The van der Waals surface area contributed by atoms with Crippen LogP contribution in [0.15, 0.2) is 59.8 Å². The fourth-order valence-electron chi connectivity index (χ4n) is 6.35. The lowest BCUT2D eigenvalue weighted by molar-refractivity contribution is -0.101. The van der Waals surface area contributed by atoms with Gasteiger partial charge in [-0.05, 0) is 62.1 Å². The number of aryl methyl sites for hydroxylation is 1. The lowest BCUT2D eigenvalue weighted by Gasteiger charge is -2.32. The fourth-order valence-corrected chi connectivity index (χ4v) is 6.35. The van der Waals surface area contributed by atoms with E-state index in [1.165, 1.54) is 37.4 Å². The summed E-state index contributed by atoms with van der Waals surface area (Å²) < 4.78 is 118. The number of carboxylic acid groups (broad SMARTS) is 1. The number of rotatable bonds is 7. The smallest absolute Gasteiger partial charge is 0.416 e. The summed E-state index contributed by atoms with van der Waals surface area (Å²) in [6.45, 7) is 3.78. The van der Waals surface area contributed by atoms with Gasteiger partial charge >= 0.3 is 24.4 Å². The first-order valence-electron chi connectivity index (χ1n) is 15.4. The maximum atomic E-state index is 15.6. The lowest BCUT2D eigenvalue weighted by atomic mass is 9.83. The number of aromatic carboxylic acids is 1. The van der Waals surface area contributed by atoms with Crippen molar-refractivity contribution in [2.24, 2.45) is 5.92 Å². The quantitative estimate of drug-likeness (QED) is 0.249. The van der Waals surface area contributed by atoms with Crippen molar-refractivity contribution < 1.29 is 54.6 Å². The first-order chi connectivity index (χ1) is 23.4. The summed E-state index contributed by atoms with van der Waals surface area (Å²) in [6.07, 6.45) is -10.6. The molecule has 0 spiro atoms. The number of cyclic esters (lactones) is 1. The molecule has 3 unspecified atom stereocenters. The van der Waals surface area contributed by atoms with Crippen LogP contribution in [-0.4, -0.2) is 69.6 Å². The van der Waals surface area contributed by atoms with Crippen LogP contribution in [0.3, 0.4) is 0 Å². The molecule has 50 heavy (non-hydrogen) atoms. The Morgan fingerprint density at radius 3 is 2.24 bits per heavy atom. The third-order valence-electron chi connectivity index (χ3n) is 9.16. The molecule has 2 aromatic carbocycles. The number of benzene rings is 2. The van der Waals surface area contributed by atoms with Crippen molar-refractivity contribution in [1.82, 2.24) is 14.9 Å². The van der Waals surface area contributed by atoms with Gasteiger partial charge in [-0.25, -0.2) is 28.3 Å². The molecule has 6 rings (SSSR count). The molecule has 2 saturated heterocycles. The number of alkyl halides is 6. The van der Waals surface area contributed by atoms with E-state index >= 15 is 8.78 Å². The van der Waals surface area contributed by atoms with Gasteiger partial charge in [-0.2, -0.15) is 26.3 Å². The third kappa shape index (κ3) is 6.62. The Bertz CT molecular complexity index is 1940. The van der Waals surface area contributed by atoms with E-state index in [2.05, 4.69) is 9.97 Å². The number of ether oxygens (including phenoxy) is 1. The number of carboxylic acids is 1. The summed E-state index contributed by atoms with van der Waals surface area (Å²) in [4.78, 5) is 36.4. The Morgan fingerprint density at radius 2 is 1.66 bits per heavy atom. The average Bonchev–Trinajstić information content (AvgIpc) is 3.28. The van der Waals surface area contributed by atoms with Gasteiger partial charge in [-0.15, -0.1) is 0 Å². The summed E-state index contributed by atoms with van der Waals surface area (Å²) in [7, 11) is 0. The van der Waals surface area contributed by atoms with Gasteiger partial charge in [0.2, 0.25) is 5.95 Å². The zero-order valence-electron chi connectivity index (χ0n) is 26.4. The number of carbonyl (C=O) groups excluding carboxylic acids is 1. The predicted molar refractivity (Wildman–Crippen MR) is 163 cm³/mol. The largest absolute Gasteiger partial charge is 0.478 e. The van der Waals surface area contributed by atoms with Crippen molar-refractivity contribution in [1.29, 1.82) is 0 Å². The predicted octanol–water partition coefficient (Wildman–Crippen LogP) is 8.01. The van der Waals surface area contributed by atoms with Gasteiger partial charge in [-0.1, -0.05) is 12.1 Å². The maximum absolute atomic E-state index is 15.6. The number of amides is 1. The molecule has 1 aliphatic carbocycles. The van der Waals surface area contributed by atoms with Crippen molar-refractivity contribution in [3.05, 3.63) is 88.3 Å². The molecule has 0 bridgehead atoms. The highest BCUT2D eigenvalue weighted by atomic mass is 19.4. The molecule has 264 valence electrons. The van der Waals surface area contributed by atoms with Crippen molar-refractivity contribution in [3.8, 4) is 22.3 Å². The normalized spacial score (nSPS) is 21.1. The SMILES string of the molecule is Cc1cc(C(=O)O)ccc1-c1cc(-c2cnc(N3CCC3)nc2CN2C(=O)OC(C3C=C(C(F)(F)F)C=C(C(F)(F)F)C3)C2C)c(F)cc1F. The second-order valence-electron chi connectivity index (χ2n) is 12.4. The monoisotopic (exact) mass is 708 g/mol. The number of allylic oxidation sites excluding steroid dienone is 3. The van der Waals surface area contributed by atoms with Gasteiger partial charge in [0.05, 0.1) is 29.4 Å². The number of halogens is 8. The minimum atomic E-state index is -5.08. The molecule has 3 aliphatic rings. The molecule has 3 heterocycles. The van der Waals surface area contributed by atoms with Gasteiger partial charge in [0.25, 0.3) is 0 Å². The van der Waals surface area contributed by atoms with E-state index in [-0.39, 0.29) is 45.5 Å². The second kappa shape index (κ2) is 12.7. The van der Waals surface area contributed by atoms with Crippen LogP contribution in [0.2, 0.25) is 0 Å². The number of hydrogen-bond acceptors (Lipinski definition) is 6. The van der Waals surface area contributed by atoms with Crippen LogP contribution in [0.4, 0.5) is 45.9 Å².